The second-order valence-electron chi connectivity index (χ2n) is 5.58. The van der Waals surface area contributed by atoms with Crippen LogP contribution in [0.3, 0.4) is 0 Å². The van der Waals surface area contributed by atoms with Gasteiger partial charge in [-0.25, -0.2) is 0 Å². The van der Waals surface area contributed by atoms with Gasteiger partial charge in [-0.05, 0) is 38.6 Å². The number of hydrogen-bond acceptors (Lipinski definition) is 2. The fourth-order valence-electron chi connectivity index (χ4n) is 3.22. The van der Waals surface area contributed by atoms with Gasteiger partial charge in [-0.1, -0.05) is 30.9 Å². The first kappa shape index (κ1) is 13.1. The Morgan fingerprint density at radius 1 is 1.18 bits per heavy atom. The molecule has 2 aliphatic rings. The van der Waals surface area contributed by atoms with Crippen LogP contribution < -0.4 is 5.32 Å². The van der Waals surface area contributed by atoms with Crippen molar-refractivity contribution >= 4 is 0 Å². The molecule has 1 N–H and O–H groups in total. The maximum absolute atomic E-state index is 5.58. The van der Waals surface area contributed by atoms with Crippen LogP contribution in [0.5, 0.6) is 0 Å². The fourth-order valence-corrected chi connectivity index (χ4v) is 3.22. The predicted molar refractivity (Wildman–Crippen MR) is 72.1 cm³/mol. The molecule has 0 bridgehead atoms. The first-order chi connectivity index (χ1) is 8.40. The first-order valence-electron chi connectivity index (χ1n) is 7.33. The lowest BCUT2D eigenvalue weighted by Crippen LogP contribution is -2.22. The van der Waals surface area contributed by atoms with Crippen molar-refractivity contribution in [2.45, 2.75) is 44.9 Å². The highest BCUT2D eigenvalue weighted by Gasteiger charge is 2.19. The van der Waals surface area contributed by atoms with Crippen LogP contribution in [0.2, 0.25) is 0 Å². The van der Waals surface area contributed by atoms with Gasteiger partial charge in [0.2, 0.25) is 0 Å². The largest absolute Gasteiger partial charge is 0.381 e. The zero-order valence-electron chi connectivity index (χ0n) is 11.2. The van der Waals surface area contributed by atoms with Gasteiger partial charge < -0.3 is 10.1 Å². The van der Waals surface area contributed by atoms with E-state index < -0.39 is 0 Å². The highest BCUT2D eigenvalue weighted by atomic mass is 16.5. The van der Waals surface area contributed by atoms with Crippen molar-refractivity contribution in [1.82, 2.24) is 5.32 Å². The Morgan fingerprint density at radius 3 is 2.65 bits per heavy atom. The minimum absolute atomic E-state index is 0.675. The first-order valence-corrected chi connectivity index (χ1v) is 7.33. The molecule has 0 spiro atoms. The molecule has 2 nitrogen and oxygen atoms in total. The van der Waals surface area contributed by atoms with Crippen LogP contribution in [0.4, 0.5) is 0 Å². The average molecular weight is 237 g/mol. The molecule has 2 rings (SSSR count). The van der Waals surface area contributed by atoms with Crippen LogP contribution in [0, 0.1) is 11.8 Å². The summed E-state index contributed by atoms with van der Waals surface area (Å²) in [6.07, 6.45) is 12.2. The van der Waals surface area contributed by atoms with Crippen molar-refractivity contribution in [2.24, 2.45) is 11.8 Å². The Balaban J connectivity index is 1.95. The summed E-state index contributed by atoms with van der Waals surface area (Å²) in [6, 6.07) is 0. The molecule has 1 aliphatic carbocycles. The molecule has 0 aromatic heterocycles. The van der Waals surface area contributed by atoms with E-state index >= 15 is 0 Å². The summed E-state index contributed by atoms with van der Waals surface area (Å²) in [4.78, 5) is 0. The molecule has 17 heavy (non-hydrogen) atoms. The lowest BCUT2D eigenvalue weighted by Gasteiger charge is -2.27. The normalized spacial score (nSPS) is 28.3. The molecule has 1 atom stereocenters. The summed E-state index contributed by atoms with van der Waals surface area (Å²) in [7, 11) is 2.06. The van der Waals surface area contributed by atoms with Crippen LogP contribution in [-0.2, 0) is 4.74 Å². The van der Waals surface area contributed by atoms with Crippen LogP contribution in [0.15, 0.2) is 11.6 Å². The van der Waals surface area contributed by atoms with Gasteiger partial charge in [-0.3, -0.25) is 0 Å². The van der Waals surface area contributed by atoms with Gasteiger partial charge >= 0.3 is 0 Å². The molecule has 1 saturated heterocycles. The summed E-state index contributed by atoms with van der Waals surface area (Å²) in [6.45, 7) is 2.98. The SMILES string of the molecule is CNC/C(=C/C1CCCOC1)C1CCCCC1. The van der Waals surface area contributed by atoms with Gasteiger partial charge in [0, 0.05) is 19.1 Å². The molecule has 0 aromatic rings. The monoisotopic (exact) mass is 237 g/mol. The molecule has 1 heterocycles. The van der Waals surface area contributed by atoms with Crippen molar-refractivity contribution in [3.8, 4) is 0 Å². The molecule has 2 fully saturated rings. The summed E-state index contributed by atoms with van der Waals surface area (Å²) in [5.41, 5.74) is 1.66. The van der Waals surface area contributed by atoms with Gasteiger partial charge in [0.05, 0.1) is 6.61 Å². The van der Waals surface area contributed by atoms with E-state index in [1.54, 1.807) is 5.57 Å². The number of rotatable bonds is 4. The molecule has 1 aliphatic heterocycles. The van der Waals surface area contributed by atoms with E-state index in [2.05, 4.69) is 18.4 Å². The predicted octanol–water partition coefficient (Wildman–Crippen LogP) is 3.14. The van der Waals surface area contributed by atoms with E-state index in [0.717, 1.165) is 25.7 Å². The second kappa shape index (κ2) is 7.17. The topological polar surface area (TPSA) is 21.3 Å². The summed E-state index contributed by atoms with van der Waals surface area (Å²) < 4.78 is 5.58. The molecule has 1 unspecified atom stereocenters. The second-order valence-corrected chi connectivity index (χ2v) is 5.58. The molecular formula is C15H27NO. The quantitative estimate of drug-likeness (QED) is 0.758. The van der Waals surface area contributed by atoms with E-state index in [9.17, 15) is 0 Å². The number of hydrogen-bond donors (Lipinski definition) is 1. The third kappa shape index (κ3) is 4.11. The Morgan fingerprint density at radius 2 is 2.00 bits per heavy atom. The third-order valence-electron chi connectivity index (χ3n) is 4.16. The van der Waals surface area contributed by atoms with E-state index in [1.165, 1.54) is 44.9 Å². The zero-order chi connectivity index (χ0) is 11.9. The van der Waals surface area contributed by atoms with E-state index in [1.807, 2.05) is 0 Å². The zero-order valence-corrected chi connectivity index (χ0v) is 11.2. The minimum atomic E-state index is 0.675. The van der Waals surface area contributed by atoms with Gasteiger partial charge in [-0.15, -0.1) is 0 Å². The van der Waals surface area contributed by atoms with Gasteiger partial charge in [0.1, 0.15) is 0 Å². The average Bonchev–Trinajstić information content (AvgIpc) is 2.40. The molecule has 1 saturated carbocycles. The highest BCUT2D eigenvalue weighted by molar-refractivity contribution is 5.11. The Kier molecular flexibility index (Phi) is 5.53. The fraction of sp³-hybridized carbons (Fsp3) is 0.867. The van der Waals surface area contributed by atoms with Gasteiger partial charge in [0.25, 0.3) is 0 Å². The molecule has 0 amide bonds. The molecule has 2 heteroatoms. The lowest BCUT2D eigenvalue weighted by atomic mass is 9.82. The van der Waals surface area contributed by atoms with Crippen LogP contribution >= 0.6 is 0 Å². The maximum atomic E-state index is 5.58. The standard InChI is InChI=1S/C15H27NO/c1-16-11-15(14-7-3-2-4-8-14)10-13-6-5-9-17-12-13/h10,13-14,16H,2-9,11-12H2,1H3/b15-10-. The third-order valence-corrected chi connectivity index (χ3v) is 4.16. The summed E-state index contributed by atoms with van der Waals surface area (Å²) in [5, 5.41) is 3.35. The van der Waals surface area contributed by atoms with Crippen molar-refractivity contribution in [3.63, 3.8) is 0 Å². The van der Waals surface area contributed by atoms with Crippen molar-refractivity contribution < 1.29 is 4.74 Å². The van der Waals surface area contributed by atoms with Crippen LogP contribution in [0.25, 0.3) is 0 Å². The van der Waals surface area contributed by atoms with Crippen LogP contribution in [-0.4, -0.2) is 26.8 Å². The minimum Gasteiger partial charge on any atom is -0.381 e. The molecule has 98 valence electrons. The van der Waals surface area contributed by atoms with Crippen LogP contribution in [0.1, 0.15) is 44.9 Å². The lowest BCUT2D eigenvalue weighted by molar-refractivity contribution is 0.0705. The van der Waals surface area contributed by atoms with Crippen molar-refractivity contribution in [1.29, 1.82) is 0 Å². The number of likely N-dealkylation sites (N-methyl/N-ethyl adjacent to an activating group) is 1. The summed E-state index contributed by atoms with van der Waals surface area (Å²) in [5.74, 6) is 1.52. The maximum Gasteiger partial charge on any atom is 0.0528 e. The van der Waals surface area contributed by atoms with Crippen molar-refractivity contribution in [2.75, 3.05) is 26.8 Å². The van der Waals surface area contributed by atoms with Gasteiger partial charge in [0.15, 0.2) is 0 Å². The Hall–Kier alpha value is -0.340. The van der Waals surface area contributed by atoms with E-state index in [4.69, 9.17) is 4.74 Å². The summed E-state index contributed by atoms with van der Waals surface area (Å²) >= 11 is 0. The van der Waals surface area contributed by atoms with E-state index in [-0.39, 0.29) is 0 Å². The number of nitrogens with one attached hydrogen (secondary N) is 1. The smallest absolute Gasteiger partial charge is 0.0528 e. The molecule has 0 radical (unpaired) electrons. The Labute approximate surface area is 106 Å². The highest BCUT2D eigenvalue weighted by Crippen LogP contribution is 2.31. The Bertz CT molecular complexity index is 237. The number of ether oxygens (including phenoxy) is 1. The molecule has 0 aromatic carbocycles. The van der Waals surface area contributed by atoms with Crippen molar-refractivity contribution in [3.05, 3.63) is 11.6 Å². The van der Waals surface area contributed by atoms with E-state index in [0.29, 0.717) is 5.92 Å². The molecular weight excluding hydrogens is 210 g/mol. The van der Waals surface area contributed by atoms with Gasteiger partial charge in [-0.2, -0.15) is 0 Å².